The number of hydrogen-bond donors (Lipinski definition) is 0. The van der Waals surface area contributed by atoms with Crippen molar-refractivity contribution in [1.29, 1.82) is 0 Å². The lowest BCUT2D eigenvalue weighted by molar-refractivity contribution is 0.00578. The number of aromatic nitrogens is 2. The first-order chi connectivity index (χ1) is 14.9. The van der Waals surface area contributed by atoms with Crippen LogP contribution in [0.2, 0.25) is 0 Å². The van der Waals surface area contributed by atoms with Gasteiger partial charge in [-0.1, -0.05) is 6.85 Å². The van der Waals surface area contributed by atoms with E-state index in [4.69, 9.17) is 25.8 Å². The van der Waals surface area contributed by atoms with Gasteiger partial charge < -0.3 is 14.2 Å². The van der Waals surface area contributed by atoms with E-state index in [0.29, 0.717) is 0 Å². The number of piperidine rings is 1. The van der Waals surface area contributed by atoms with Crippen LogP contribution in [-0.4, -0.2) is 41.3 Å². The second-order valence-corrected chi connectivity index (χ2v) is 6.07. The smallest absolute Gasteiger partial charge is 0.398 e. The van der Waals surface area contributed by atoms with Crippen LogP contribution in [0.25, 0.3) is 0 Å². The van der Waals surface area contributed by atoms with Crippen molar-refractivity contribution in [2.75, 3.05) is 17.9 Å². The van der Waals surface area contributed by atoms with Crippen molar-refractivity contribution in [2.24, 2.45) is 5.89 Å². The molecule has 3 rings (SSSR count). The lowest BCUT2D eigenvalue weighted by atomic mass is 9.85. The van der Waals surface area contributed by atoms with Gasteiger partial charge in [-0.3, -0.25) is 4.98 Å². The molecule has 120 valence electrons. The first kappa shape index (κ1) is 6.77. The molecule has 1 aromatic rings. The highest BCUT2D eigenvalue weighted by atomic mass is 16.7. The molecule has 22 heavy (non-hydrogen) atoms. The summed E-state index contributed by atoms with van der Waals surface area (Å²) in [5.74, 6) is -4.40. The zero-order chi connectivity index (χ0) is 26.6. The predicted molar refractivity (Wildman–Crippen MR) is 88.4 cm³/mol. The van der Waals surface area contributed by atoms with Crippen LogP contribution < -0.4 is 10.5 Å². The molecule has 0 bridgehead atoms. The van der Waals surface area contributed by atoms with E-state index in [1.807, 2.05) is 27.7 Å². The maximum absolute atomic E-state index is 8.34. The highest BCUT2D eigenvalue weighted by molar-refractivity contribution is 6.61. The summed E-state index contributed by atoms with van der Waals surface area (Å²) in [6.45, 7) is -3.49. The SMILES string of the molecule is [2H]C([2H])([2H])C1([2H])C([2H])([2H])C([2H])([2H])N(c2cnc(B3OC(C)(C)C(C)(C)O3)cn2)C([2H])([2H])C1([2H])[2H]. The third-order valence-electron chi connectivity index (χ3n) is 3.97. The summed E-state index contributed by atoms with van der Waals surface area (Å²) in [5, 5.41) is 0. The van der Waals surface area contributed by atoms with Gasteiger partial charge in [0.05, 0.1) is 23.0 Å². The molecular formula is C16H26BN3O2. The molecule has 5 nitrogen and oxygen atoms in total. The Bertz CT molecular complexity index is 923. The van der Waals surface area contributed by atoms with Gasteiger partial charge in [-0.2, -0.15) is 0 Å². The third kappa shape index (κ3) is 2.86. The molecular weight excluding hydrogens is 277 g/mol. The van der Waals surface area contributed by atoms with Crippen molar-refractivity contribution < 1.29 is 25.8 Å². The van der Waals surface area contributed by atoms with Crippen molar-refractivity contribution in [3.63, 3.8) is 0 Å². The molecule has 2 aliphatic heterocycles. The quantitative estimate of drug-likeness (QED) is 0.781. The van der Waals surface area contributed by atoms with Gasteiger partial charge in [0.1, 0.15) is 5.82 Å². The monoisotopic (exact) mass is 315 g/mol. The molecule has 6 heteroatoms. The van der Waals surface area contributed by atoms with Gasteiger partial charge in [0.25, 0.3) is 0 Å². The second-order valence-electron chi connectivity index (χ2n) is 6.07. The van der Waals surface area contributed by atoms with Crippen LogP contribution in [0.4, 0.5) is 5.82 Å². The van der Waals surface area contributed by atoms with Gasteiger partial charge >= 0.3 is 7.12 Å². The lowest BCUT2D eigenvalue weighted by Crippen LogP contribution is -2.41. The molecule has 0 radical (unpaired) electrons. The van der Waals surface area contributed by atoms with Crippen molar-refractivity contribution in [1.82, 2.24) is 9.97 Å². The maximum atomic E-state index is 8.34. The molecule has 2 saturated heterocycles. The van der Waals surface area contributed by atoms with Crippen LogP contribution in [0.1, 0.15) is 63.7 Å². The Morgan fingerprint density at radius 1 is 1.23 bits per heavy atom. The minimum absolute atomic E-state index is 0.0690. The van der Waals surface area contributed by atoms with Crippen LogP contribution in [0.3, 0.4) is 0 Å². The zero-order valence-electron chi connectivity index (χ0n) is 24.9. The number of rotatable bonds is 2. The van der Waals surface area contributed by atoms with Crippen LogP contribution in [-0.2, 0) is 9.31 Å². The summed E-state index contributed by atoms with van der Waals surface area (Å²) < 4.78 is 109. The fourth-order valence-corrected chi connectivity index (χ4v) is 1.93. The third-order valence-corrected chi connectivity index (χ3v) is 3.97. The second kappa shape index (κ2) is 5.50. The van der Waals surface area contributed by atoms with E-state index in [2.05, 4.69) is 9.97 Å². The van der Waals surface area contributed by atoms with E-state index in [1.165, 1.54) is 0 Å². The first-order valence-corrected chi connectivity index (χ1v) is 6.88. The summed E-state index contributed by atoms with van der Waals surface area (Å²) in [6.07, 6.45) is -5.44. The van der Waals surface area contributed by atoms with E-state index in [1.54, 1.807) is 0 Å². The molecule has 0 atom stereocenters. The van der Waals surface area contributed by atoms with E-state index in [9.17, 15) is 0 Å². The maximum Gasteiger partial charge on any atom is 0.516 e. The van der Waals surface area contributed by atoms with Crippen LogP contribution in [0, 0.1) is 5.89 Å². The Morgan fingerprint density at radius 2 is 1.86 bits per heavy atom. The average Bonchev–Trinajstić information content (AvgIpc) is 2.86. The first-order valence-electron chi connectivity index (χ1n) is 12.9. The van der Waals surface area contributed by atoms with Gasteiger partial charge in [0.15, 0.2) is 0 Å². The molecule has 2 aliphatic rings. The Balaban J connectivity index is 2.10. The van der Waals surface area contributed by atoms with Gasteiger partial charge in [0.2, 0.25) is 0 Å². The number of nitrogens with zero attached hydrogens (tertiary/aromatic N) is 3. The van der Waals surface area contributed by atoms with Crippen LogP contribution >= 0.6 is 0 Å². The summed E-state index contributed by atoms with van der Waals surface area (Å²) in [6, 6.07) is 0. The van der Waals surface area contributed by atoms with Crippen LogP contribution in [0.5, 0.6) is 0 Å². The minimum atomic E-state index is -3.80. The van der Waals surface area contributed by atoms with E-state index >= 15 is 0 Å². The highest BCUT2D eigenvalue weighted by Gasteiger charge is 2.52. The summed E-state index contributed by atoms with van der Waals surface area (Å²) in [4.78, 5) is 8.12. The standard InChI is InChI=1S/C16H26BN3O2/c1-12-6-8-20(9-7-12)14-11-18-13(10-19-14)17-21-15(2,3)16(4,5)22-17/h10-12H,6-9H2,1-5H3/i1D3,6D2,7D2,8D2,9D2,12D. The minimum Gasteiger partial charge on any atom is -0.398 e. The fourth-order valence-electron chi connectivity index (χ4n) is 1.93. The van der Waals surface area contributed by atoms with Gasteiger partial charge in [-0.05, 0) is 46.3 Å². The topological polar surface area (TPSA) is 47.5 Å². The van der Waals surface area contributed by atoms with Gasteiger partial charge in [0, 0.05) is 35.6 Å². The molecule has 0 N–H and O–H groups in total. The molecule has 0 spiro atoms. The van der Waals surface area contributed by atoms with E-state index < -0.39 is 62.6 Å². The van der Waals surface area contributed by atoms with Crippen molar-refractivity contribution in [2.45, 2.75) is 58.5 Å². The summed E-state index contributed by atoms with van der Waals surface area (Å²) >= 11 is 0. The highest BCUT2D eigenvalue weighted by Crippen LogP contribution is 2.36. The van der Waals surface area contributed by atoms with E-state index in [-0.39, 0.29) is 10.5 Å². The van der Waals surface area contributed by atoms with Crippen molar-refractivity contribution in [3.8, 4) is 0 Å². The Hall–Kier alpha value is -1.14. The molecule has 0 amide bonds. The molecule has 2 fully saturated rings. The summed E-state index contributed by atoms with van der Waals surface area (Å²) in [5.41, 5.74) is -1.24. The fraction of sp³-hybridized carbons (Fsp3) is 0.750. The van der Waals surface area contributed by atoms with Crippen molar-refractivity contribution in [3.05, 3.63) is 12.4 Å². The summed E-state index contributed by atoms with van der Waals surface area (Å²) in [7, 11) is -0.948. The molecule has 1 aromatic heterocycles. The molecule has 3 heterocycles. The molecule has 0 saturated carbocycles. The van der Waals surface area contributed by atoms with E-state index in [0.717, 1.165) is 12.4 Å². The van der Waals surface area contributed by atoms with Gasteiger partial charge in [-0.25, -0.2) is 4.98 Å². The van der Waals surface area contributed by atoms with Gasteiger partial charge in [-0.15, -0.1) is 0 Å². The number of hydrogen-bond acceptors (Lipinski definition) is 5. The van der Waals surface area contributed by atoms with Crippen LogP contribution in [0.15, 0.2) is 12.4 Å². The largest absolute Gasteiger partial charge is 0.516 e. The lowest BCUT2D eigenvalue weighted by Gasteiger charge is -2.32. The van der Waals surface area contributed by atoms with Crippen molar-refractivity contribution >= 4 is 18.5 Å². The Morgan fingerprint density at radius 3 is 2.36 bits per heavy atom. The normalized spacial score (nSPS) is 44.0. The zero-order valence-corrected chi connectivity index (χ0v) is 12.9. The predicted octanol–water partition coefficient (Wildman–Crippen LogP) is 2.01. The number of anilines is 1. The molecule has 0 aliphatic carbocycles. The molecule has 0 aromatic carbocycles. The average molecular weight is 315 g/mol. The molecule has 0 unspecified atom stereocenters. The Labute approximate surface area is 150 Å². The Kier molecular flexibility index (Phi) is 1.69.